The van der Waals surface area contributed by atoms with Crippen LogP contribution in [0.4, 0.5) is 0 Å². The number of carbonyl (C=O) groups excluding carboxylic acids is 1. The third-order valence-electron chi connectivity index (χ3n) is 3.48. The zero-order valence-electron chi connectivity index (χ0n) is 11.3. The van der Waals surface area contributed by atoms with E-state index in [1.807, 2.05) is 6.20 Å². The van der Waals surface area contributed by atoms with Gasteiger partial charge in [-0.3, -0.25) is 0 Å². The molecule has 5 nitrogen and oxygen atoms in total. The molecule has 0 saturated heterocycles. The predicted molar refractivity (Wildman–Crippen MR) is 71.1 cm³/mol. The minimum atomic E-state index is -0.318. The van der Waals surface area contributed by atoms with E-state index in [9.17, 15) is 4.79 Å². The Morgan fingerprint density at radius 3 is 2.89 bits per heavy atom. The lowest BCUT2D eigenvalue weighted by atomic mass is 10.2. The summed E-state index contributed by atoms with van der Waals surface area (Å²) in [6, 6.07) is 0. The molecule has 3 rings (SSSR count). The minimum absolute atomic E-state index is 0.318. The van der Waals surface area contributed by atoms with Gasteiger partial charge in [0.2, 0.25) is 0 Å². The number of fused-ring (bicyclic) bond motifs is 1. The van der Waals surface area contributed by atoms with Gasteiger partial charge < -0.3 is 19.4 Å². The van der Waals surface area contributed by atoms with E-state index in [1.165, 1.54) is 5.57 Å². The van der Waals surface area contributed by atoms with Crippen LogP contribution in [-0.4, -0.2) is 30.8 Å². The summed E-state index contributed by atoms with van der Waals surface area (Å²) in [6.07, 6.45) is 4.10. The third kappa shape index (κ3) is 1.99. The molecular formula is C14H18N2O3. The molecule has 0 atom stereocenters. The molecule has 5 heteroatoms. The van der Waals surface area contributed by atoms with Gasteiger partial charge in [0.25, 0.3) is 0 Å². The predicted octanol–water partition coefficient (Wildman–Crippen LogP) is 1.78. The van der Waals surface area contributed by atoms with Crippen molar-refractivity contribution in [1.29, 1.82) is 0 Å². The van der Waals surface area contributed by atoms with Gasteiger partial charge in [0.15, 0.2) is 5.75 Å². The molecule has 1 saturated carbocycles. The van der Waals surface area contributed by atoms with Gasteiger partial charge in [-0.1, -0.05) is 0 Å². The summed E-state index contributed by atoms with van der Waals surface area (Å²) in [5.41, 5.74) is 4.05. The van der Waals surface area contributed by atoms with Crippen molar-refractivity contribution in [3.63, 3.8) is 0 Å². The number of carbonyl (C=O) groups is 1. The second kappa shape index (κ2) is 4.64. The van der Waals surface area contributed by atoms with E-state index in [2.05, 4.69) is 9.88 Å². The van der Waals surface area contributed by atoms with Gasteiger partial charge in [-0.15, -0.1) is 0 Å². The second-order valence-corrected chi connectivity index (χ2v) is 4.74. The first-order valence-electron chi connectivity index (χ1n) is 6.66. The van der Waals surface area contributed by atoms with Crippen LogP contribution in [0, 0.1) is 0 Å². The van der Waals surface area contributed by atoms with Crippen LogP contribution in [0.1, 0.15) is 35.8 Å². The molecule has 2 aliphatic rings. The van der Waals surface area contributed by atoms with Crippen molar-refractivity contribution in [2.75, 3.05) is 20.3 Å². The Kier molecular flexibility index (Phi) is 2.97. The van der Waals surface area contributed by atoms with Gasteiger partial charge >= 0.3 is 5.97 Å². The van der Waals surface area contributed by atoms with Crippen LogP contribution >= 0.6 is 0 Å². The van der Waals surface area contributed by atoms with Crippen LogP contribution in [0.25, 0.3) is 5.70 Å². The van der Waals surface area contributed by atoms with Crippen LogP contribution in [0.15, 0.2) is 11.8 Å². The van der Waals surface area contributed by atoms with Crippen LogP contribution in [0.2, 0.25) is 0 Å². The van der Waals surface area contributed by atoms with Gasteiger partial charge in [0.05, 0.1) is 19.4 Å². The maximum absolute atomic E-state index is 12.0. The molecule has 1 N–H and O–H groups in total. The second-order valence-electron chi connectivity index (χ2n) is 4.74. The first-order chi connectivity index (χ1) is 9.26. The van der Waals surface area contributed by atoms with Gasteiger partial charge in [0, 0.05) is 19.3 Å². The van der Waals surface area contributed by atoms with E-state index in [-0.39, 0.29) is 5.97 Å². The number of methoxy groups -OCH3 is 1. The molecule has 1 aromatic rings. The highest BCUT2D eigenvalue weighted by atomic mass is 16.5. The first-order valence-corrected chi connectivity index (χ1v) is 6.66. The minimum Gasteiger partial charge on any atom is -0.494 e. The van der Waals surface area contributed by atoms with Gasteiger partial charge in [-0.25, -0.2) is 4.79 Å². The molecule has 0 amide bonds. The summed E-state index contributed by atoms with van der Waals surface area (Å²) in [5, 5.41) is 3.42. The van der Waals surface area contributed by atoms with Crippen molar-refractivity contribution in [1.82, 2.24) is 9.88 Å². The average Bonchev–Trinajstić information content (AvgIpc) is 3.18. The number of nitrogens with one attached hydrogen (secondary N) is 1. The Morgan fingerprint density at radius 1 is 1.47 bits per heavy atom. The monoisotopic (exact) mass is 262 g/mol. The van der Waals surface area contributed by atoms with Crippen LogP contribution in [0.3, 0.4) is 0 Å². The van der Waals surface area contributed by atoms with Crippen LogP contribution < -0.4 is 10.1 Å². The number of ether oxygens (including phenoxy) is 2. The smallest absolute Gasteiger partial charge is 0.343 e. The number of nitrogens with zero attached hydrogens (tertiary/aromatic N) is 1. The van der Waals surface area contributed by atoms with E-state index in [1.54, 1.807) is 14.0 Å². The molecule has 1 aliphatic carbocycles. The topological polar surface area (TPSA) is 52.5 Å². The van der Waals surface area contributed by atoms with Crippen LogP contribution in [-0.2, 0) is 11.3 Å². The number of aromatic nitrogens is 1. The van der Waals surface area contributed by atoms with E-state index >= 15 is 0 Å². The number of allylic oxidation sites excluding steroid dienone is 1. The SMILES string of the molecule is CCOC(=O)c1cn2c(c1OC)C(=C1CC1)NCC2. The molecule has 1 aliphatic heterocycles. The lowest BCUT2D eigenvalue weighted by Gasteiger charge is -2.21. The summed E-state index contributed by atoms with van der Waals surface area (Å²) in [5.74, 6) is 0.307. The zero-order valence-corrected chi connectivity index (χ0v) is 11.3. The summed E-state index contributed by atoms with van der Waals surface area (Å²) >= 11 is 0. The van der Waals surface area contributed by atoms with Crippen molar-refractivity contribution in [3.05, 3.63) is 23.0 Å². The Hall–Kier alpha value is -1.91. The number of hydrogen-bond acceptors (Lipinski definition) is 4. The maximum atomic E-state index is 12.0. The molecule has 19 heavy (non-hydrogen) atoms. The molecule has 0 unspecified atom stereocenters. The van der Waals surface area contributed by atoms with Crippen molar-refractivity contribution in [3.8, 4) is 5.75 Å². The quantitative estimate of drug-likeness (QED) is 0.844. The number of esters is 1. The average molecular weight is 262 g/mol. The lowest BCUT2D eigenvalue weighted by Crippen LogP contribution is -2.26. The summed E-state index contributed by atoms with van der Waals surface area (Å²) in [6.45, 7) is 3.89. The molecule has 1 aromatic heterocycles. The highest BCUT2D eigenvalue weighted by molar-refractivity contribution is 5.95. The Bertz CT molecular complexity index is 551. The molecular weight excluding hydrogens is 244 g/mol. The molecule has 0 aromatic carbocycles. The van der Waals surface area contributed by atoms with Crippen molar-refractivity contribution < 1.29 is 14.3 Å². The van der Waals surface area contributed by atoms with Crippen molar-refractivity contribution in [2.45, 2.75) is 26.3 Å². The lowest BCUT2D eigenvalue weighted by molar-refractivity contribution is 0.0523. The largest absolute Gasteiger partial charge is 0.494 e. The zero-order chi connectivity index (χ0) is 13.4. The fraction of sp³-hybridized carbons (Fsp3) is 0.500. The molecule has 102 valence electrons. The maximum Gasteiger partial charge on any atom is 0.343 e. The molecule has 0 spiro atoms. The fourth-order valence-electron chi connectivity index (χ4n) is 2.52. The Labute approximate surface area is 112 Å². The molecule has 0 bridgehead atoms. The van der Waals surface area contributed by atoms with Gasteiger partial charge in [0.1, 0.15) is 11.3 Å². The first kappa shape index (κ1) is 12.1. The third-order valence-corrected chi connectivity index (χ3v) is 3.48. The number of rotatable bonds is 3. The summed E-state index contributed by atoms with van der Waals surface area (Å²) in [7, 11) is 1.60. The van der Waals surface area contributed by atoms with Crippen LogP contribution in [0.5, 0.6) is 5.75 Å². The highest BCUT2D eigenvalue weighted by Gasteiger charge is 2.30. The van der Waals surface area contributed by atoms with E-state index < -0.39 is 0 Å². The van der Waals surface area contributed by atoms with E-state index in [0.29, 0.717) is 17.9 Å². The standard InChI is InChI=1S/C14H18N2O3/c1-3-19-14(17)10-8-16-7-6-15-11(9-4-5-9)12(16)13(10)18-2/h8,15H,3-7H2,1-2H3. The van der Waals surface area contributed by atoms with Gasteiger partial charge in [-0.05, 0) is 25.3 Å². The Balaban J connectivity index is 2.09. The Morgan fingerprint density at radius 2 is 2.26 bits per heavy atom. The molecule has 1 fully saturated rings. The fourth-order valence-corrected chi connectivity index (χ4v) is 2.52. The van der Waals surface area contributed by atoms with Crippen molar-refractivity contribution >= 4 is 11.7 Å². The molecule has 0 radical (unpaired) electrons. The summed E-state index contributed by atoms with van der Waals surface area (Å²) < 4.78 is 12.6. The highest BCUT2D eigenvalue weighted by Crippen LogP contribution is 2.41. The summed E-state index contributed by atoms with van der Waals surface area (Å²) in [4.78, 5) is 12.0. The van der Waals surface area contributed by atoms with E-state index in [4.69, 9.17) is 9.47 Å². The number of hydrogen-bond donors (Lipinski definition) is 1. The van der Waals surface area contributed by atoms with Gasteiger partial charge in [-0.2, -0.15) is 0 Å². The van der Waals surface area contributed by atoms with Crippen molar-refractivity contribution in [2.24, 2.45) is 0 Å². The molecule has 2 heterocycles. The van der Waals surface area contributed by atoms with E-state index in [0.717, 1.165) is 37.3 Å². The normalized spacial score (nSPS) is 16.7.